The lowest BCUT2D eigenvalue weighted by Gasteiger charge is -2.12. The third kappa shape index (κ3) is 4.03. The zero-order valence-electron chi connectivity index (χ0n) is 9.96. The summed E-state index contributed by atoms with van der Waals surface area (Å²) in [7, 11) is 1.72. The first-order valence-electron chi connectivity index (χ1n) is 5.55. The van der Waals surface area contributed by atoms with Crippen LogP contribution >= 0.6 is 11.6 Å². The van der Waals surface area contributed by atoms with Gasteiger partial charge in [-0.25, -0.2) is 0 Å². The van der Waals surface area contributed by atoms with Crippen LogP contribution in [-0.4, -0.2) is 20.3 Å². The van der Waals surface area contributed by atoms with Crippen molar-refractivity contribution in [3.8, 4) is 5.75 Å². The smallest absolute Gasteiger partial charge is 0.126 e. The maximum absolute atomic E-state index is 5.87. The Hall–Kier alpha value is -0.730. The van der Waals surface area contributed by atoms with Crippen molar-refractivity contribution in [1.29, 1.82) is 0 Å². The van der Waals surface area contributed by atoms with Gasteiger partial charge < -0.3 is 9.47 Å². The van der Waals surface area contributed by atoms with Gasteiger partial charge >= 0.3 is 0 Å². The van der Waals surface area contributed by atoms with Crippen LogP contribution in [0.1, 0.15) is 24.0 Å². The summed E-state index contributed by atoms with van der Waals surface area (Å²) < 4.78 is 10.8. The van der Waals surface area contributed by atoms with E-state index in [0.717, 1.165) is 42.9 Å². The van der Waals surface area contributed by atoms with E-state index in [1.807, 2.05) is 25.1 Å². The van der Waals surface area contributed by atoms with Gasteiger partial charge in [0.1, 0.15) is 5.75 Å². The number of methoxy groups -OCH3 is 1. The van der Waals surface area contributed by atoms with Gasteiger partial charge in [-0.2, -0.15) is 0 Å². The van der Waals surface area contributed by atoms with Gasteiger partial charge in [-0.05, 0) is 25.3 Å². The fourth-order valence-corrected chi connectivity index (χ4v) is 1.76. The molecule has 1 rings (SSSR count). The Labute approximate surface area is 103 Å². The summed E-state index contributed by atoms with van der Waals surface area (Å²) in [6.45, 7) is 3.55. The molecule has 0 aliphatic carbocycles. The van der Waals surface area contributed by atoms with Crippen molar-refractivity contribution >= 4 is 11.6 Å². The number of hydrogen-bond donors (Lipinski definition) is 0. The SMILES string of the molecule is COCCCCOc1c(C)cccc1CCl. The molecular formula is C13H19ClO2. The summed E-state index contributed by atoms with van der Waals surface area (Å²) in [5.41, 5.74) is 2.21. The zero-order chi connectivity index (χ0) is 11.8. The van der Waals surface area contributed by atoms with Crippen LogP contribution in [0.2, 0.25) is 0 Å². The van der Waals surface area contributed by atoms with Gasteiger partial charge in [0.15, 0.2) is 0 Å². The first kappa shape index (κ1) is 13.3. The molecular weight excluding hydrogens is 224 g/mol. The Kier molecular flexibility index (Phi) is 6.27. The molecule has 0 saturated carbocycles. The van der Waals surface area contributed by atoms with Crippen molar-refractivity contribution in [2.24, 2.45) is 0 Å². The average molecular weight is 243 g/mol. The summed E-state index contributed by atoms with van der Waals surface area (Å²) in [4.78, 5) is 0. The maximum atomic E-state index is 5.87. The highest BCUT2D eigenvalue weighted by molar-refractivity contribution is 6.17. The number of benzene rings is 1. The lowest BCUT2D eigenvalue weighted by molar-refractivity contribution is 0.184. The van der Waals surface area contributed by atoms with E-state index >= 15 is 0 Å². The molecule has 0 aliphatic rings. The number of para-hydroxylation sites is 1. The molecule has 1 aromatic carbocycles. The fraction of sp³-hybridized carbons (Fsp3) is 0.538. The summed E-state index contributed by atoms with van der Waals surface area (Å²) >= 11 is 5.87. The lowest BCUT2D eigenvalue weighted by Crippen LogP contribution is -2.02. The van der Waals surface area contributed by atoms with Crippen LogP contribution in [0.25, 0.3) is 0 Å². The highest BCUT2D eigenvalue weighted by atomic mass is 35.5. The fourth-order valence-electron chi connectivity index (χ4n) is 1.55. The largest absolute Gasteiger partial charge is 0.493 e. The van der Waals surface area contributed by atoms with E-state index in [4.69, 9.17) is 21.1 Å². The highest BCUT2D eigenvalue weighted by Gasteiger charge is 2.05. The van der Waals surface area contributed by atoms with Crippen molar-refractivity contribution in [2.75, 3.05) is 20.3 Å². The molecule has 0 heterocycles. The van der Waals surface area contributed by atoms with Crippen LogP contribution in [0.15, 0.2) is 18.2 Å². The molecule has 0 fully saturated rings. The Balaban J connectivity index is 2.46. The quantitative estimate of drug-likeness (QED) is 0.538. The van der Waals surface area contributed by atoms with Gasteiger partial charge in [-0.3, -0.25) is 0 Å². The Morgan fingerprint density at radius 3 is 2.62 bits per heavy atom. The van der Waals surface area contributed by atoms with Crippen LogP contribution in [0, 0.1) is 6.92 Å². The van der Waals surface area contributed by atoms with Crippen molar-refractivity contribution < 1.29 is 9.47 Å². The summed E-state index contributed by atoms with van der Waals surface area (Å²) in [6, 6.07) is 6.05. The minimum Gasteiger partial charge on any atom is -0.493 e. The maximum Gasteiger partial charge on any atom is 0.126 e. The number of unbranched alkanes of at least 4 members (excludes halogenated alkanes) is 1. The summed E-state index contributed by atoms with van der Waals surface area (Å²) in [5.74, 6) is 1.43. The normalized spacial score (nSPS) is 10.4. The average Bonchev–Trinajstić information content (AvgIpc) is 2.30. The van der Waals surface area contributed by atoms with Crippen molar-refractivity contribution in [3.63, 3.8) is 0 Å². The number of ether oxygens (including phenoxy) is 2. The van der Waals surface area contributed by atoms with E-state index in [2.05, 4.69) is 0 Å². The number of aryl methyl sites for hydroxylation is 1. The minimum absolute atomic E-state index is 0.495. The minimum atomic E-state index is 0.495. The van der Waals surface area contributed by atoms with Crippen LogP contribution in [0.3, 0.4) is 0 Å². The molecule has 90 valence electrons. The van der Waals surface area contributed by atoms with Crippen LogP contribution < -0.4 is 4.74 Å². The van der Waals surface area contributed by atoms with Crippen molar-refractivity contribution in [3.05, 3.63) is 29.3 Å². The number of halogens is 1. The lowest BCUT2D eigenvalue weighted by atomic mass is 10.1. The molecule has 0 amide bonds. The van der Waals surface area contributed by atoms with Crippen LogP contribution in [-0.2, 0) is 10.6 Å². The third-order valence-corrected chi connectivity index (χ3v) is 2.71. The summed E-state index contributed by atoms with van der Waals surface area (Å²) in [6.07, 6.45) is 2.03. The van der Waals surface area contributed by atoms with Gasteiger partial charge in [0.05, 0.1) is 12.5 Å². The second kappa shape index (κ2) is 7.53. The second-order valence-corrected chi connectivity index (χ2v) is 4.01. The third-order valence-electron chi connectivity index (χ3n) is 2.43. The molecule has 0 radical (unpaired) electrons. The monoisotopic (exact) mass is 242 g/mol. The molecule has 0 aromatic heterocycles. The first-order chi connectivity index (χ1) is 7.79. The molecule has 0 saturated heterocycles. The standard InChI is InChI=1S/C13H19ClO2/c1-11-6-5-7-12(10-14)13(11)16-9-4-3-8-15-2/h5-7H,3-4,8-10H2,1-2H3. The van der Waals surface area contributed by atoms with Crippen LogP contribution in [0.4, 0.5) is 0 Å². The van der Waals surface area contributed by atoms with E-state index in [0.29, 0.717) is 5.88 Å². The Bertz CT molecular complexity index is 313. The van der Waals surface area contributed by atoms with Gasteiger partial charge in [0, 0.05) is 19.3 Å². The molecule has 1 aromatic rings. The van der Waals surface area contributed by atoms with E-state index in [1.54, 1.807) is 7.11 Å². The first-order valence-corrected chi connectivity index (χ1v) is 6.09. The molecule has 0 spiro atoms. The molecule has 0 N–H and O–H groups in total. The predicted octanol–water partition coefficient (Wildman–Crippen LogP) is 3.54. The molecule has 16 heavy (non-hydrogen) atoms. The Morgan fingerprint density at radius 1 is 1.19 bits per heavy atom. The van der Waals surface area contributed by atoms with E-state index in [-0.39, 0.29) is 0 Å². The van der Waals surface area contributed by atoms with Gasteiger partial charge in [-0.15, -0.1) is 11.6 Å². The predicted molar refractivity (Wildman–Crippen MR) is 67.3 cm³/mol. The molecule has 0 aliphatic heterocycles. The number of hydrogen-bond acceptors (Lipinski definition) is 2. The van der Waals surface area contributed by atoms with E-state index < -0.39 is 0 Å². The topological polar surface area (TPSA) is 18.5 Å². The Morgan fingerprint density at radius 2 is 1.94 bits per heavy atom. The van der Waals surface area contributed by atoms with E-state index in [1.165, 1.54) is 0 Å². The second-order valence-electron chi connectivity index (χ2n) is 3.75. The molecule has 2 nitrogen and oxygen atoms in total. The molecule has 0 bridgehead atoms. The number of rotatable bonds is 7. The van der Waals surface area contributed by atoms with Crippen molar-refractivity contribution in [1.82, 2.24) is 0 Å². The number of alkyl halides is 1. The molecule has 3 heteroatoms. The zero-order valence-corrected chi connectivity index (χ0v) is 10.7. The molecule has 0 atom stereocenters. The van der Waals surface area contributed by atoms with Crippen LogP contribution in [0.5, 0.6) is 5.75 Å². The van der Waals surface area contributed by atoms with E-state index in [9.17, 15) is 0 Å². The highest BCUT2D eigenvalue weighted by Crippen LogP contribution is 2.24. The van der Waals surface area contributed by atoms with Gasteiger partial charge in [0.2, 0.25) is 0 Å². The molecule has 0 unspecified atom stereocenters. The van der Waals surface area contributed by atoms with Gasteiger partial charge in [0.25, 0.3) is 0 Å². The van der Waals surface area contributed by atoms with Crippen molar-refractivity contribution in [2.45, 2.75) is 25.6 Å². The van der Waals surface area contributed by atoms with Gasteiger partial charge in [-0.1, -0.05) is 18.2 Å². The summed E-state index contributed by atoms with van der Waals surface area (Å²) in [5, 5.41) is 0.